The molecule has 2 aromatic rings. The van der Waals surface area contributed by atoms with Crippen LogP contribution >= 0.6 is 0 Å². The molecule has 2 rings (SSSR count). The molecular weight excluding hydrogens is 238 g/mol. The molecule has 1 atom stereocenters. The van der Waals surface area contributed by atoms with E-state index in [2.05, 4.69) is 5.32 Å². The Morgan fingerprint density at radius 3 is 2.47 bits per heavy atom. The van der Waals surface area contributed by atoms with Gasteiger partial charge in [-0.05, 0) is 30.7 Å². The van der Waals surface area contributed by atoms with Gasteiger partial charge in [-0.1, -0.05) is 30.3 Å². The highest BCUT2D eigenvalue weighted by molar-refractivity contribution is 5.99. The van der Waals surface area contributed by atoms with E-state index in [1.807, 2.05) is 37.3 Å². The summed E-state index contributed by atoms with van der Waals surface area (Å²) < 4.78 is 0. The summed E-state index contributed by atoms with van der Waals surface area (Å²) in [5.74, 6) is -0.491. The van der Waals surface area contributed by atoms with Crippen LogP contribution in [0.3, 0.4) is 0 Å². The van der Waals surface area contributed by atoms with E-state index in [0.717, 1.165) is 5.56 Å². The molecular formula is C15H17N3O. The lowest BCUT2D eigenvalue weighted by Gasteiger charge is -2.17. The number of carbonyl (C=O) groups excluding carboxylic acids is 1. The Kier molecular flexibility index (Phi) is 3.71. The molecule has 0 bridgehead atoms. The molecule has 0 heterocycles. The first-order valence-electron chi connectivity index (χ1n) is 6.08. The van der Waals surface area contributed by atoms with Crippen molar-refractivity contribution in [2.45, 2.75) is 13.0 Å². The zero-order valence-electron chi connectivity index (χ0n) is 10.8. The van der Waals surface area contributed by atoms with Gasteiger partial charge in [0.2, 0.25) is 0 Å². The number of nitrogen functional groups attached to an aromatic ring is 1. The Balaban J connectivity index is 2.26. The molecule has 0 aliphatic carbocycles. The largest absolute Gasteiger partial charge is 0.399 e. The van der Waals surface area contributed by atoms with Crippen molar-refractivity contribution in [3.63, 3.8) is 0 Å². The molecule has 0 aromatic heterocycles. The Morgan fingerprint density at radius 1 is 1.16 bits per heavy atom. The second kappa shape index (κ2) is 5.44. The van der Waals surface area contributed by atoms with Crippen LogP contribution in [0.25, 0.3) is 0 Å². The van der Waals surface area contributed by atoms with Crippen molar-refractivity contribution >= 4 is 17.3 Å². The van der Waals surface area contributed by atoms with Gasteiger partial charge in [0.15, 0.2) is 0 Å². The summed E-state index contributed by atoms with van der Waals surface area (Å²) in [5, 5.41) is 3.28. The SMILES string of the molecule is C[C@@H](Nc1ccc(N)cc1C(N)=O)c1ccccc1. The van der Waals surface area contributed by atoms with Crippen LogP contribution in [-0.2, 0) is 0 Å². The fourth-order valence-electron chi connectivity index (χ4n) is 1.95. The van der Waals surface area contributed by atoms with Crippen LogP contribution in [0, 0.1) is 0 Å². The molecule has 4 nitrogen and oxygen atoms in total. The second-order valence-corrected chi connectivity index (χ2v) is 4.45. The van der Waals surface area contributed by atoms with Crippen LogP contribution in [0.1, 0.15) is 28.9 Å². The van der Waals surface area contributed by atoms with Gasteiger partial charge in [0.25, 0.3) is 5.91 Å². The first-order valence-corrected chi connectivity index (χ1v) is 6.08. The summed E-state index contributed by atoms with van der Waals surface area (Å²) in [7, 11) is 0. The van der Waals surface area contributed by atoms with Crippen LogP contribution in [0.4, 0.5) is 11.4 Å². The van der Waals surface area contributed by atoms with E-state index in [1.165, 1.54) is 0 Å². The van der Waals surface area contributed by atoms with Gasteiger partial charge in [0.1, 0.15) is 0 Å². The maximum Gasteiger partial charge on any atom is 0.250 e. The highest BCUT2D eigenvalue weighted by atomic mass is 16.1. The third-order valence-electron chi connectivity index (χ3n) is 2.98. The van der Waals surface area contributed by atoms with E-state index in [4.69, 9.17) is 11.5 Å². The number of primary amides is 1. The molecule has 0 saturated heterocycles. The van der Waals surface area contributed by atoms with Gasteiger partial charge in [-0.15, -0.1) is 0 Å². The van der Waals surface area contributed by atoms with Crippen molar-refractivity contribution in [2.24, 2.45) is 5.73 Å². The molecule has 5 N–H and O–H groups in total. The third-order valence-corrected chi connectivity index (χ3v) is 2.98. The summed E-state index contributed by atoms with van der Waals surface area (Å²) in [4.78, 5) is 11.4. The molecule has 4 heteroatoms. The number of hydrogen-bond acceptors (Lipinski definition) is 3. The summed E-state index contributed by atoms with van der Waals surface area (Å²) in [6.45, 7) is 2.02. The molecule has 1 amide bonds. The number of benzene rings is 2. The minimum Gasteiger partial charge on any atom is -0.399 e. The Bertz CT molecular complexity index is 581. The molecule has 0 spiro atoms. The molecule has 19 heavy (non-hydrogen) atoms. The minimum atomic E-state index is -0.491. The number of nitrogens with two attached hydrogens (primary N) is 2. The smallest absolute Gasteiger partial charge is 0.250 e. The van der Waals surface area contributed by atoms with Crippen LogP contribution < -0.4 is 16.8 Å². The standard InChI is InChI=1S/C15H17N3O/c1-10(11-5-3-2-4-6-11)18-14-8-7-12(16)9-13(14)15(17)19/h2-10,18H,16H2,1H3,(H2,17,19)/t10-/m1/s1. The Labute approximate surface area is 112 Å². The first kappa shape index (κ1) is 13.0. The van der Waals surface area contributed by atoms with Crippen molar-refractivity contribution in [1.29, 1.82) is 0 Å². The molecule has 98 valence electrons. The van der Waals surface area contributed by atoms with Crippen molar-refractivity contribution in [3.8, 4) is 0 Å². The quantitative estimate of drug-likeness (QED) is 0.734. The molecule has 0 aliphatic rings. The number of rotatable bonds is 4. The summed E-state index contributed by atoms with van der Waals surface area (Å²) >= 11 is 0. The molecule has 0 unspecified atom stereocenters. The van der Waals surface area contributed by atoms with Crippen molar-refractivity contribution in [1.82, 2.24) is 0 Å². The van der Waals surface area contributed by atoms with Gasteiger partial charge in [0, 0.05) is 17.4 Å². The fraction of sp³-hybridized carbons (Fsp3) is 0.133. The maximum atomic E-state index is 11.4. The monoisotopic (exact) mass is 255 g/mol. The van der Waals surface area contributed by atoms with E-state index in [1.54, 1.807) is 18.2 Å². The van der Waals surface area contributed by atoms with Gasteiger partial charge >= 0.3 is 0 Å². The Morgan fingerprint density at radius 2 is 1.84 bits per heavy atom. The summed E-state index contributed by atoms with van der Waals surface area (Å²) in [6, 6.07) is 15.1. The predicted octanol–water partition coefficient (Wildman–Crippen LogP) is 2.54. The molecule has 0 radical (unpaired) electrons. The van der Waals surface area contributed by atoms with E-state index in [9.17, 15) is 4.79 Å². The van der Waals surface area contributed by atoms with Crippen LogP contribution in [-0.4, -0.2) is 5.91 Å². The van der Waals surface area contributed by atoms with Crippen molar-refractivity contribution in [3.05, 3.63) is 59.7 Å². The van der Waals surface area contributed by atoms with Gasteiger partial charge in [-0.2, -0.15) is 0 Å². The number of anilines is 2. The average molecular weight is 255 g/mol. The Hall–Kier alpha value is -2.49. The summed E-state index contributed by atoms with van der Waals surface area (Å²) in [5.41, 5.74) is 13.8. The van der Waals surface area contributed by atoms with Crippen molar-refractivity contribution in [2.75, 3.05) is 11.1 Å². The maximum absolute atomic E-state index is 11.4. The molecule has 0 fully saturated rings. The van der Waals surface area contributed by atoms with E-state index >= 15 is 0 Å². The molecule has 2 aromatic carbocycles. The van der Waals surface area contributed by atoms with Gasteiger partial charge in [-0.25, -0.2) is 0 Å². The zero-order chi connectivity index (χ0) is 13.8. The summed E-state index contributed by atoms with van der Waals surface area (Å²) in [6.07, 6.45) is 0. The fourth-order valence-corrected chi connectivity index (χ4v) is 1.95. The second-order valence-electron chi connectivity index (χ2n) is 4.45. The van der Waals surface area contributed by atoms with Crippen LogP contribution in [0.15, 0.2) is 48.5 Å². The third kappa shape index (κ3) is 3.04. The van der Waals surface area contributed by atoms with E-state index in [0.29, 0.717) is 16.9 Å². The van der Waals surface area contributed by atoms with Gasteiger partial charge < -0.3 is 16.8 Å². The topological polar surface area (TPSA) is 81.1 Å². The van der Waals surface area contributed by atoms with E-state index < -0.39 is 5.91 Å². The van der Waals surface area contributed by atoms with E-state index in [-0.39, 0.29) is 6.04 Å². The van der Waals surface area contributed by atoms with Crippen molar-refractivity contribution < 1.29 is 4.79 Å². The lowest BCUT2D eigenvalue weighted by molar-refractivity contribution is 0.100. The first-order chi connectivity index (χ1) is 9.08. The van der Waals surface area contributed by atoms with Gasteiger partial charge in [0.05, 0.1) is 5.56 Å². The number of hydrogen-bond donors (Lipinski definition) is 3. The number of amides is 1. The zero-order valence-corrected chi connectivity index (χ0v) is 10.8. The minimum absolute atomic E-state index is 0.0722. The van der Waals surface area contributed by atoms with Crippen LogP contribution in [0.2, 0.25) is 0 Å². The lowest BCUT2D eigenvalue weighted by atomic mass is 10.1. The normalized spacial score (nSPS) is 11.8. The predicted molar refractivity (Wildman–Crippen MR) is 77.9 cm³/mol. The number of carbonyl (C=O) groups is 1. The molecule has 0 aliphatic heterocycles. The molecule has 0 saturated carbocycles. The van der Waals surface area contributed by atoms with Crippen LogP contribution in [0.5, 0.6) is 0 Å². The lowest BCUT2D eigenvalue weighted by Crippen LogP contribution is -2.16. The highest BCUT2D eigenvalue weighted by Crippen LogP contribution is 2.24. The number of nitrogens with one attached hydrogen (secondary N) is 1. The van der Waals surface area contributed by atoms with Gasteiger partial charge in [-0.3, -0.25) is 4.79 Å². The average Bonchev–Trinajstić information content (AvgIpc) is 2.41. The highest BCUT2D eigenvalue weighted by Gasteiger charge is 2.11.